The Kier molecular flexibility index (Phi) is 2.71. The smallest absolute Gasteiger partial charge is 0.0703 e. The molecule has 1 N–H and O–H groups in total. The molecule has 0 spiro atoms. The van der Waals surface area contributed by atoms with Gasteiger partial charge in [0, 0.05) is 31.8 Å². The molecule has 4 atom stereocenters. The molecule has 15 heavy (non-hydrogen) atoms. The van der Waals surface area contributed by atoms with Gasteiger partial charge in [-0.3, -0.25) is 4.90 Å². The summed E-state index contributed by atoms with van der Waals surface area (Å²) in [6.07, 6.45) is 4.48. The standard InChI is InChI=1S/C12H22N2O/c1-9-12(4-6-15-9)14-7-10-3-2-5-13-11(10)8-14/h9-13H,2-8H2,1H3/t9?,10-,11+,12?/m0/s1. The lowest BCUT2D eigenvalue weighted by atomic mass is 9.94. The maximum atomic E-state index is 5.67. The van der Waals surface area contributed by atoms with E-state index in [-0.39, 0.29) is 0 Å². The van der Waals surface area contributed by atoms with Crippen LogP contribution < -0.4 is 5.32 Å². The zero-order chi connectivity index (χ0) is 10.3. The molecule has 3 heteroatoms. The fourth-order valence-electron chi connectivity index (χ4n) is 3.55. The number of piperidine rings is 1. The van der Waals surface area contributed by atoms with E-state index in [0.29, 0.717) is 12.1 Å². The maximum Gasteiger partial charge on any atom is 0.0703 e. The summed E-state index contributed by atoms with van der Waals surface area (Å²) in [4.78, 5) is 2.67. The highest BCUT2D eigenvalue weighted by atomic mass is 16.5. The van der Waals surface area contributed by atoms with Gasteiger partial charge < -0.3 is 10.1 Å². The Morgan fingerprint density at radius 1 is 1.27 bits per heavy atom. The monoisotopic (exact) mass is 210 g/mol. The van der Waals surface area contributed by atoms with Crippen LogP contribution in [0.4, 0.5) is 0 Å². The van der Waals surface area contributed by atoms with Gasteiger partial charge in [0.15, 0.2) is 0 Å². The molecular formula is C12H22N2O. The van der Waals surface area contributed by atoms with Crippen molar-refractivity contribution in [3.05, 3.63) is 0 Å². The molecule has 0 bridgehead atoms. The molecule has 3 heterocycles. The van der Waals surface area contributed by atoms with Crippen molar-refractivity contribution in [1.82, 2.24) is 10.2 Å². The Balaban J connectivity index is 1.64. The molecule has 3 nitrogen and oxygen atoms in total. The van der Waals surface area contributed by atoms with Crippen LogP contribution in [0.15, 0.2) is 0 Å². The fraction of sp³-hybridized carbons (Fsp3) is 1.00. The summed E-state index contributed by atoms with van der Waals surface area (Å²) in [6.45, 7) is 6.98. The van der Waals surface area contributed by atoms with Crippen molar-refractivity contribution in [2.45, 2.75) is 44.4 Å². The molecule has 3 aliphatic heterocycles. The Hall–Kier alpha value is -0.120. The Labute approximate surface area is 92.2 Å². The number of nitrogens with zero attached hydrogens (tertiary/aromatic N) is 1. The lowest BCUT2D eigenvalue weighted by Crippen LogP contribution is -2.42. The molecular weight excluding hydrogens is 188 g/mol. The molecule has 3 rings (SSSR count). The number of ether oxygens (including phenoxy) is 1. The van der Waals surface area contributed by atoms with E-state index in [2.05, 4.69) is 17.1 Å². The van der Waals surface area contributed by atoms with Crippen LogP contribution in [0.1, 0.15) is 26.2 Å². The molecule has 0 radical (unpaired) electrons. The van der Waals surface area contributed by atoms with Crippen molar-refractivity contribution in [3.63, 3.8) is 0 Å². The highest BCUT2D eigenvalue weighted by molar-refractivity contribution is 4.96. The normalized spacial score (nSPS) is 47.0. The van der Waals surface area contributed by atoms with Gasteiger partial charge in [-0.2, -0.15) is 0 Å². The fourth-order valence-corrected chi connectivity index (χ4v) is 3.55. The molecule has 2 unspecified atom stereocenters. The third kappa shape index (κ3) is 1.81. The zero-order valence-electron chi connectivity index (χ0n) is 9.61. The van der Waals surface area contributed by atoms with Crippen LogP contribution in [0.3, 0.4) is 0 Å². The van der Waals surface area contributed by atoms with E-state index in [4.69, 9.17) is 4.74 Å². The van der Waals surface area contributed by atoms with Gasteiger partial charge in [-0.25, -0.2) is 0 Å². The first-order valence-electron chi connectivity index (χ1n) is 6.43. The van der Waals surface area contributed by atoms with E-state index in [1.54, 1.807) is 0 Å². The Morgan fingerprint density at radius 3 is 2.93 bits per heavy atom. The van der Waals surface area contributed by atoms with Crippen LogP contribution >= 0.6 is 0 Å². The molecule has 0 amide bonds. The number of likely N-dealkylation sites (tertiary alicyclic amines) is 1. The van der Waals surface area contributed by atoms with E-state index < -0.39 is 0 Å². The summed E-state index contributed by atoms with van der Waals surface area (Å²) in [5, 5.41) is 3.67. The van der Waals surface area contributed by atoms with Crippen molar-refractivity contribution >= 4 is 0 Å². The molecule has 86 valence electrons. The van der Waals surface area contributed by atoms with Crippen LogP contribution in [-0.2, 0) is 4.74 Å². The number of fused-ring (bicyclic) bond motifs is 1. The Bertz CT molecular complexity index is 220. The largest absolute Gasteiger partial charge is 0.377 e. The van der Waals surface area contributed by atoms with Gasteiger partial charge in [0.1, 0.15) is 0 Å². The van der Waals surface area contributed by atoms with Crippen LogP contribution in [0, 0.1) is 5.92 Å². The molecule has 3 fully saturated rings. The Morgan fingerprint density at radius 2 is 2.20 bits per heavy atom. The first kappa shape index (κ1) is 10.1. The molecule has 0 aromatic heterocycles. The van der Waals surface area contributed by atoms with Gasteiger partial charge in [-0.05, 0) is 38.6 Å². The van der Waals surface area contributed by atoms with Crippen LogP contribution in [0.2, 0.25) is 0 Å². The molecule has 3 saturated heterocycles. The predicted molar refractivity (Wildman–Crippen MR) is 59.9 cm³/mol. The lowest BCUT2D eigenvalue weighted by molar-refractivity contribution is 0.0814. The molecule has 0 aliphatic carbocycles. The second-order valence-corrected chi connectivity index (χ2v) is 5.35. The summed E-state index contributed by atoms with van der Waals surface area (Å²) in [5.74, 6) is 0.909. The van der Waals surface area contributed by atoms with Crippen molar-refractivity contribution in [3.8, 4) is 0 Å². The summed E-state index contributed by atoms with van der Waals surface area (Å²) in [7, 11) is 0. The first-order chi connectivity index (χ1) is 7.34. The van der Waals surface area contributed by atoms with Crippen LogP contribution in [0.5, 0.6) is 0 Å². The minimum absolute atomic E-state index is 0.449. The quantitative estimate of drug-likeness (QED) is 0.694. The average molecular weight is 210 g/mol. The number of hydrogen-bond acceptors (Lipinski definition) is 3. The molecule has 3 aliphatic rings. The summed E-state index contributed by atoms with van der Waals surface area (Å²) in [5.41, 5.74) is 0. The number of rotatable bonds is 1. The van der Waals surface area contributed by atoms with E-state index in [9.17, 15) is 0 Å². The molecule has 0 aromatic carbocycles. The van der Waals surface area contributed by atoms with E-state index in [0.717, 1.165) is 18.6 Å². The first-order valence-corrected chi connectivity index (χ1v) is 6.43. The van der Waals surface area contributed by atoms with E-state index in [1.807, 2.05) is 0 Å². The highest BCUT2D eigenvalue weighted by Crippen LogP contribution is 2.30. The van der Waals surface area contributed by atoms with Gasteiger partial charge in [0.05, 0.1) is 6.10 Å². The van der Waals surface area contributed by atoms with E-state index >= 15 is 0 Å². The van der Waals surface area contributed by atoms with Gasteiger partial charge >= 0.3 is 0 Å². The third-order valence-electron chi connectivity index (χ3n) is 4.43. The zero-order valence-corrected chi connectivity index (χ0v) is 9.61. The summed E-state index contributed by atoms with van der Waals surface area (Å²) < 4.78 is 5.67. The lowest BCUT2D eigenvalue weighted by Gasteiger charge is -2.26. The third-order valence-corrected chi connectivity index (χ3v) is 4.43. The summed E-state index contributed by atoms with van der Waals surface area (Å²) in [6, 6.07) is 1.46. The van der Waals surface area contributed by atoms with E-state index in [1.165, 1.54) is 38.9 Å². The second kappa shape index (κ2) is 4.04. The molecule has 0 aromatic rings. The SMILES string of the molecule is CC1OCCC1N1C[C@@H]2CCCN[C@@H]2C1. The predicted octanol–water partition coefficient (Wildman–Crippen LogP) is 0.848. The number of hydrogen-bond donors (Lipinski definition) is 1. The van der Waals surface area contributed by atoms with Crippen molar-refractivity contribution < 1.29 is 4.74 Å². The minimum Gasteiger partial charge on any atom is -0.377 e. The van der Waals surface area contributed by atoms with Gasteiger partial charge in [0.25, 0.3) is 0 Å². The van der Waals surface area contributed by atoms with Gasteiger partial charge in [0.2, 0.25) is 0 Å². The minimum atomic E-state index is 0.449. The van der Waals surface area contributed by atoms with Crippen molar-refractivity contribution in [2.24, 2.45) is 5.92 Å². The van der Waals surface area contributed by atoms with Crippen molar-refractivity contribution in [2.75, 3.05) is 26.2 Å². The average Bonchev–Trinajstić information content (AvgIpc) is 2.82. The maximum absolute atomic E-state index is 5.67. The summed E-state index contributed by atoms with van der Waals surface area (Å²) >= 11 is 0. The molecule has 0 saturated carbocycles. The van der Waals surface area contributed by atoms with Gasteiger partial charge in [-0.15, -0.1) is 0 Å². The van der Waals surface area contributed by atoms with Gasteiger partial charge in [-0.1, -0.05) is 0 Å². The topological polar surface area (TPSA) is 24.5 Å². The van der Waals surface area contributed by atoms with Crippen LogP contribution in [-0.4, -0.2) is 49.3 Å². The van der Waals surface area contributed by atoms with Crippen LogP contribution in [0.25, 0.3) is 0 Å². The number of nitrogens with one attached hydrogen (secondary N) is 1. The second-order valence-electron chi connectivity index (χ2n) is 5.35. The highest BCUT2D eigenvalue weighted by Gasteiger charge is 2.40. The van der Waals surface area contributed by atoms with Crippen molar-refractivity contribution in [1.29, 1.82) is 0 Å².